The van der Waals surface area contributed by atoms with Crippen molar-refractivity contribution >= 4 is 55.3 Å². The molecule has 0 aliphatic heterocycles. The fraction of sp³-hybridized carbons (Fsp3) is 0.0741. The van der Waals surface area contributed by atoms with Crippen LogP contribution in [0.5, 0.6) is 5.75 Å². The molecule has 0 spiro atoms. The van der Waals surface area contributed by atoms with Gasteiger partial charge in [-0.05, 0) is 64.0 Å². The Morgan fingerprint density at radius 1 is 0.947 bits per heavy atom. The molecule has 3 aromatic carbocycles. The van der Waals surface area contributed by atoms with E-state index in [1.165, 1.54) is 6.33 Å². The highest BCUT2D eigenvalue weighted by molar-refractivity contribution is 9.10. The summed E-state index contributed by atoms with van der Waals surface area (Å²) in [6.45, 7) is 0.354. The second-order valence-electron chi connectivity index (χ2n) is 8.66. The SMILES string of the molecule is Nc1ncnc2c1c(-c1ccc(O)cc1)nn2Cc1nc2cccc(Br)c2c(=O)n1Cc1ccccc1Cl. The van der Waals surface area contributed by atoms with Crippen molar-refractivity contribution in [2.75, 3.05) is 5.73 Å². The Hall–Kier alpha value is -4.28. The summed E-state index contributed by atoms with van der Waals surface area (Å²) in [6.07, 6.45) is 1.37. The molecular weight excluding hydrogens is 570 g/mol. The summed E-state index contributed by atoms with van der Waals surface area (Å²) in [7, 11) is 0. The zero-order valence-corrected chi connectivity index (χ0v) is 22.1. The lowest BCUT2D eigenvalue weighted by Gasteiger charge is -2.15. The molecule has 0 radical (unpaired) electrons. The predicted octanol–water partition coefficient (Wildman–Crippen LogP) is 5.00. The first-order valence-electron chi connectivity index (χ1n) is 11.6. The van der Waals surface area contributed by atoms with Crippen molar-refractivity contribution in [1.29, 1.82) is 0 Å². The van der Waals surface area contributed by atoms with E-state index in [9.17, 15) is 9.90 Å². The molecule has 11 heteroatoms. The highest BCUT2D eigenvalue weighted by Gasteiger charge is 2.20. The van der Waals surface area contributed by atoms with E-state index in [2.05, 4.69) is 25.9 Å². The van der Waals surface area contributed by atoms with E-state index < -0.39 is 0 Å². The highest BCUT2D eigenvalue weighted by atomic mass is 79.9. The standard InChI is InChI=1S/C27H19BrClN7O2/c28-18-5-3-7-20-22(18)27(38)35(12-16-4-1-2-6-19(16)29)21(33-20)13-36-26-23(25(30)31-14-32-26)24(34-36)15-8-10-17(37)11-9-15/h1-11,14,37H,12-13H2,(H2,30,31,32). The van der Waals surface area contributed by atoms with Crippen LogP contribution < -0.4 is 11.3 Å². The van der Waals surface area contributed by atoms with Gasteiger partial charge >= 0.3 is 0 Å². The van der Waals surface area contributed by atoms with E-state index in [0.717, 1.165) is 11.1 Å². The van der Waals surface area contributed by atoms with Crippen molar-refractivity contribution in [2.45, 2.75) is 13.1 Å². The molecule has 6 aromatic rings. The quantitative estimate of drug-likeness (QED) is 0.290. The lowest BCUT2D eigenvalue weighted by atomic mass is 10.1. The van der Waals surface area contributed by atoms with Crippen LogP contribution in [-0.4, -0.2) is 34.4 Å². The van der Waals surface area contributed by atoms with Crippen molar-refractivity contribution in [2.24, 2.45) is 0 Å². The molecule has 38 heavy (non-hydrogen) atoms. The number of benzene rings is 3. The van der Waals surface area contributed by atoms with Gasteiger partial charge in [0.05, 0.1) is 22.8 Å². The Balaban J connectivity index is 1.56. The van der Waals surface area contributed by atoms with E-state index in [-0.39, 0.29) is 30.2 Å². The average molecular weight is 589 g/mol. The fourth-order valence-electron chi connectivity index (χ4n) is 4.45. The summed E-state index contributed by atoms with van der Waals surface area (Å²) in [5.41, 5.74) is 9.17. The molecule has 3 N–H and O–H groups in total. The molecule has 0 saturated carbocycles. The normalized spacial score (nSPS) is 11.4. The van der Waals surface area contributed by atoms with Gasteiger partial charge in [0.1, 0.15) is 36.0 Å². The number of halogens is 2. The van der Waals surface area contributed by atoms with Gasteiger partial charge in [0.25, 0.3) is 5.56 Å². The molecule has 0 fully saturated rings. The fourth-order valence-corrected chi connectivity index (χ4v) is 5.17. The van der Waals surface area contributed by atoms with Crippen molar-refractivity contribution in [3.63, 3.8) is 0 Å². The van der Waals surface area contributed by atoms with Crippen molar-refractivity contribution < 1.29 is 5.11 Å². The summed E-state index contributed by atoms with van der Waals surface area (Å²) in [6, 6.07) is 19.5. The number of phenolic OH excluding ortho intramolecular Hbond substituents is 1. The maximum atomic E-state index is 13.8. The number of nitrogens with zero attached hydrogens (tertiary/aromatic N) is 6. The van der Waals surface area contributed by atoms with Crippen molar-refractivity contribution in [3.8, 4) is 17.0 Å². The average Bonchev–Trinajstić information content (AvgIpc) is 3.27. The van der Waals surface area contributed by atoms with Crippen LogP contribution in [0.2, 0.25) is 5.02 Å². The number of fused-ring (bicyclic) bond motifs is 2. The number of hydrogen-bond donors (Lipinski definition) is 2. The third-order valence-corrected chi connectivity index (χ3v) is 7.32. The minimum atomic E-state index is -0.207. The van der Waals surface area contributed by atoms with Gasteiger partial charge in [-0.3, -0.25) is 9.36 Å². The predicted molar refractivity (Wildman–Crippen MR) is 150 cm³/mol. The van der Waals surface area contributed by atoms with Crippen LogP contribution >= 0.6 is 27.5 Å². The van der Waals surface area contributed by atoms with Gasteiger partial charge in [-0.25, -0.2) is 19.6 Å². The number of nitrogens with two attached hydrogens (primary N) is 1. The van der Waals surface area contributed by atoms with Gasteiger partial charge in [-0.1, -0.05) is 35.9 Å². The van der Waals surface area contributed by atoms with E-state index in [4.69, 9.17) is 27.4 Å². The van der Waals surface area contributed by atoms with Crippen LogP contribution in [0.1, 0.15) is 11.4 Å². The van der Waals surface area contributed by atoms with E-state index in [1.54, 1.807) is 45.6 Å². The van der Waals surface area contributed by atoms with Crippen LogP contribution in [0, 0.1) is 0 Å². The molecule has 0 saturated heterocycles. The second-order valence-corrected chi connectivity index (χ2v) is 9.92. The molecule has 9 nitrogen and oxygen atoms in total. The topological polar surface area (TPSA) is 125 Å². The molecule has 0 amide bonds. The van der Waals surface area contributed by atoms with E-state index in [1.807, 2.05) is 30.3 Å². The molecule has 0 unspecified atom stereocenters. The molecule has 6 rings (SSSR count). The first-order chi connectivity index (χ1) is 18.4. The third-order valence-electron chi connectivity index (χ3n) is 6.29. The number of aromatic nitrogens is 6. The number of hydrogen-bond acceptors (Lipinski definition) is 7. The molecule has 0 atom stereocenters. The highest BCUT2D eigenvalue weighted by Crippen LogP contribution is 2.31. The molecule has 3 aromatic heterocycles. The number of nitrogen functional groups attached to an aromatic ring is 1. The van der Waals surface area contributed by atoms with Crippen LogP contribution in [0.15, 0.2) is 82.3 Å². The first-order valence-corrected chi connectivity index (χ1v) is 12.8. The zero-order chi connectivity index (χ0) is 26.4. The summed E-state index contributed by atoms with van der Waals surface area (Å²) in [4.78, 5) is 27.3. The Morgan fingerprint density at radius 2 is 1.74 bits per heavy atom. The van der Waals surface area contributed by atoms with Gasteiger partial charge in [0, 0.05) is 15.1 Å². The Bertz CT molecular complexity index is 1900. The Morgan fingerprint density at radius 3 is 2.53 bits per heavy atom. The number of phenols is 1. The minimum Gasteiger partial charge on any atom is -0.508 e. The van der Waals surface area contributed by atoms with Crippen molar-refractivity contribution in [1.82, 2.24) is 29.3 Å². The summed E-state index contributed by atoms with van der Waals surface area (Å²) in [5, 5.41) is 16.1. The zero-order valence-electron chi connectivity index (χ0n) is 19.7. The Kier molecular flexibility index (Phi) is 6.05. The van der Waals surface area contributed by atoms with Gasteiger partial charge in [0.2, 0.25) is 0 Å². The van der Waals surface area contributed by atoms with Gasteiger partial charge in [0.15, 0.2) is 5.65 Å². The maximum Gasteiger partial charge on any atom is 0.262 e. The van der Waals surface area contributed by atoms with Gasteiger partial charge in [-0.2, -0.15) is 5.10 Å². The van der Waals surface area contributed by atoms with Gasteiger partial charge < -0.3 is 10.8 Å². The number of rotatable bonds is 5. The summed E-state index contributed by atoms with van der Waals surface area (Å²) < 4.78 is 3.92. The van der Waals surface area contributed by atoms with Crippen LogP contribution in [-0.2, 0) is 13.1 Å². The second kappa shape index (κ2) is 9.55. The summed E-state index contributed by atoms with van der Waals surface area (Å²) in [5.74, 6) is 0.879. The maximum absolute atomic E-state index is 13.8. The van der Waals surface area contributed by atoms with E-state index in [0.29, 0.717) is 43.0 Å². The van der Waals surface area contributed by atoms with Crippen molar-refractivity contribution in [3.05, 3.63) is 104 Å². The first kappa shape index (κ1) is 24.1. The largest absolute Gasteiger partial charge is 0.508 e. The third kappa shape index (κ3) is 4.17. The van der Waals surface area contributed by atoms with Crippen LogP contribution in [0.4, 0.5) is 5.82 Å². The molecule has 0 bridgehead atoms. The monoisotopic (exact) mass is 587 g/mol. The molecule has 3 heterocycles. The molecule has 188 valence electrons. The summed E-state index contributed by atoms with van der Waals surface area (Å²) >= 11 is 9.96. The molecular formula is C27H19BrClN7O2. The smallest absolute Gasteiger partial charge is 0.262 e. The number of anilines is 1. The molecule has 0 aliphatic rings. The van der Waals surface area contributed by atoms with Crippen LogP contribution in [0.3, 0.4) is 0 Å². The lowest BCUT2D eigenvalue weighted by molar-refractivity contribution is 0.475. The van der Waals surface area contributed by atoms with E-state index >= 15 is 0 Å². The van der Waals surface area contributed by atoms with Gasteiger partial charge in [-0.15, -0.1) is 0 Å². The molecule has 0 aliphatic carbocycles. The number of aromatic hydroxyl groups is 1. The van der Waals surface area contributed by atoms with Crippen LogP contribution in [0.25, 0.3) is 33.2 Å². The minimum absolute atomic E-state index is 0.132. The Labute approximate surface area is 229 Å². The lowest BCUT2D eigenvalue weighted by Crippen LogP contribution is -2.28.